The van der Waals surface area contributed by atoms with E-state index >= 15 is 0 Å². The summed E-state index contributed by atoms with van der Waals surface area (Å²) in [6.45, 7) is 1.91. The standard InChI is InChI=1S/C10H9BrN2OS2/c1-6-5-15-10(12-6)13-9(14)4-7-2-3-8(11)16-7/h2-3,5H,4H2,1H3,(H,12,13,14). The van der Waals surface area contributed by atoms with Gasteiger partial charge in [0.15, 0.2) is 5.13 Å². The van der Waals surface area contributed by atoms with E-state index in [2.05, 4.69) is 26.2 Å². The van der Waals surface area contributed by atoms with Gasteiger partial charge in [-0.15, -0.1) is 22.7 Å². The van der Waals surface area contributed by atoms with Crippen LogP contribution >= 0.6 is 38.6 Å². The van der Waals surface area contributed by atoms with Crippen LogP contribution in [0.5, 0.6) is 0 Å². The molecule has 0 saturated heterocycles. The lowest BCUT2D eigenvalue weighted by Crippen LogP contribution is -2.13. The van der Waals surface area contributed by atoms with Crippen molar-refractivity contribution in [1.29, 1.82) is 0 Å². The van der Waals surface area contributed by atoms with E-state index in [-0.39, 0.29) is 5.91 Å². The molecule has 0 aromatic carbocycles. The molecule has 1 N–H and O–H groups in total. The molecule has 16 heavy (non-hydrogen) atoms. The second kappa shape index (κ2) is 5.07. The lowest BCUT2D eigenvalue weighted by molar-refractivity contribution is -0.115. The van der Waals surface area contributed by atoms with Crippen LogP contribution in [0.15, 0.2) is 21.3 Å². The number of thiazole rings is 1. The van der Waals surface area contributed by atoms with Crippen LogP contribution < -0.4 is 5.32 Å². The van der Waals surface area contributed by atoms with E-state index in [9.17, 15) is 4.79 Å². The molecule has 0 aliphatic carbocycles. The molecule has 3 nitrogen and oxygen atoms in total. The predicted octanol–water partition coefficient (Wildman–Crippen LogP) is 3.46. The monoisotopic (exact) mass is 316 g/mol. The number of carbonyl (C=O) groups excluding carboxylic acids is 1. The molecule has 0 bridgehead atoms. The third-order valence-corrected chi connectivity index (χ3v) is 4.33. The fourth-order valence-corrected chi connectivity index (χ4v) is 3.37. The van der Waals surface area contributed by atoms with Gasteiger partial charge in [0.05, 0.1) is 15.9 Å². The first-order valence-electron chi connectivity index (χ1n) is 4.59. The van der Waals surface area contributed by atoms with Crippen molar-refractivity contribution in [3.05, 3.63) is 31.9 Å². The molecular formula is C10H9BrN2OS2. The van der Waals surface area contributed by atoms with Gasteiger partial charge >= 0.3 is 0 Å². The van der Waals surface area contributed by atoms with Gasteiger partial charge in [0.2, 0.25) is 5.91 Å². The highest BCUT2D eigenvalue weighted by molar-refractivity contribution is 9.11. The molecule has 2 aromatic rings. The Morgan fingerprint density at radius 3 is 2.94 bits per heavy atom. The number of thiophene rings is 1. The van der Waals surface area contributed by atoms with Gasteiger partial charge in [-0.2, -0.15) is 0 Å². The fourth-order valence-electron chi connectivity index (χ4n) is 1.18. The summed E-state index contributed by atoms with van der Waals surface area (Å²) in [6, 6.07) is 3.89. The number of aromatic nitrogens is 1. The van der Waals surface area contributed by atoms with E-state index in [0.29, 0.717) is 11.6 Å². The fraction of sp³-hybridized carbons (Fsp3) is 0.200. The molecule has 0 radical (unpaired) electrons. The Labute approximate surface area is 110 Å². The Kier molecular flexibility index (Phi) is 3.73. The third-order valence-electron chi connectivity index (χ3n) is 1.83. The molecule has 0 fully saturated rings. The summed E-state index contributed by atoms with van der Waals surface area (Å²) in [6.07, 6.45) is 0.398. The third kappa shape index (κ3) is 3.13. The Balaban J connectivity index is 1.94. The Morgan fingerprint density at radius 1 is 1.56 bits per heavy atom. The summed E-state index contributed by atoms with van der Waals surface area (Å²) >= 11 is 6.38. The van der Waals surface area contributed by atoms with Gasteiger partial charge < -0.3 is 5.32 Å². The molecular weight excluding hydrogens is 308 g/mol. The van der Waals surface area contributed by atoms with Crippen molar-refractivity contribution < 1.29 is 4.79 Å². The molecule has 2 heterocycles. The number of aryl methyl sites for hydroxylation is 1. The number of rotatable bonds is 3. The van der Waals surface area contributed by atoms with Crippen LogP contribution in [-0.2, 0) is 11.2 Å². The van der Waals surface area contributed by atoms with Crippen LogP contribution in [0.25, 0.3) is 0 Å². The molecule has 6 heteroatoms. The maximum atomic E-state index is 11.6. The van der Waals surface area contributed by atoms with Crippen LogP contribution in [0.2, 0.25) is 0 Å². The van der Waals surface area contributed by atoms with Gasteiger partial charge in [0.25, 0.3) is 0 Å². The highest BCUT2D eigenvalue weighted by atomic mass is 79.9. The van der Waals surface area contributed by atoms with Crippen molar-refractivity contribution in [3.63, 3.8) is 0 Å². The van der Waals surface area contributed by atoms with Crippen molar-refractivity contribution in [1.82, 2.24) is 4.98 Å². The smallest absolute Gasteiger partial charge is 0.231 e. The van der Waals surface area contributed by atoms with Gasteiger partial charge in [0.1, 0.15) is 0 Å². The summed E-state index contributed by atoms with van der Waals surface area (Å²) in [5.74, 6) is -0.0244. The van der Waals surface area contributed by atoms with E-state index < -0.39 is 0 Å². The Morgan fingerprint density at radius 2 is 2.38 bits per heavy atom. The van der Waals surface area contributed by atoms with E-state index in [1.165, 1.54) is 11.3 Å². The number of amides is 1. The molecule has 0 unspecified atom stereocenters. The number of nitrogens with one attached hydrogen (secondary N) is 1. The van der Waals surface area contributed by atoms with Crippen LogP contribution in [-0.4, -0.2) is 10.9 Å². The zero-order valence-electron chi connectivity index (χ0n) is 8.49. The quantitative estimate of drug-likeness (QED) is 0.942. The average molecular weight is 317 g/mol. The van der Waals surface area contributed by atoms with Gasteiger partial charge in [-0.05, 0) is 35.0 Å². The van der Waals surface area contributed by atoms with Crippen molar-refractivity contribution in [2.24, 2.45) is 0 Å². The average Bonchev–Trinajstić information content (AvgIpc) is 2.76. The summed E-state index contributed by atoms with van der Waals surface area (Å²) in [7, 11) is 0. The van der Waals surface area contributed by atoms with Crippen LogP contribution in [0.3, 0.4) is 0 Å². The number of hydrogen-bond acceptors (Lipinski definition) is 4. The van der Waals surface area contributed by atoms with Crippen LogP contribution in [0.1, 0.15) is 10.6 Å². The predicted molar refractivity (Wildman–Crippen MR) is 71.2 cm³/mol. The zero-order valence-corrected chi connectivity index (χ0v) is 11.7. The maximum absolute atomic E-state index is 11.6. The van der Waals surface area contributed by atoms with E-state index in [1.807, 2.05) is 24.4 Å². The minimum absolute atomic E-state index is 0.0244. The molecule has 0 aliphatic rings. The van der Waals surface area contributed by atoms with Gasteiger partial charge in [-0.25, -0.2) is 4.98 Å². The minimum atomic E-state index is -0.0244. The van der Waals surface area contributed by atoms with Crippen LogP contribution in [0.4, 0.5) is 5.13 Å². The molecule has 0 atom stereocenters. The van der Waals surface area contributed by atoms with Crippen molar-refractivity contribution in [2.45, 2.75) is 13.3 Å². The van der Waals surface area contributed by atoms with E-state index in [4.69, 9.17) is 0 Å². The second-order valence-corrected chi connectivity index (χ2v) is 6.63. The SMILES string of the molecule is Cc1csc(NC(=O)Cc2ccc(Br)s2)n1. The summed E-state index contributed by atoms with van der Waals surface area (Å²) in [5, 5.41) is 5.36. The Hall–Kier alpha value is -0.720. The molecule has 1 amide bonds. The normalized spacial score (nSPS) is 10.4. The minimum Gasteiger partial charge on any atom is -0.302 e. The van der Waals surface area contributed by atoms with Crippen molar-refractivity contribution in [3.8, 4) is 0 Å². The lowest BCUT2D eigenvalue weighted by atomic mass is 10.3. The van der Waals surface area contributed by atoms with Gasteiger partial charge in [-0.1, -0.05) is 0 Å². The first-order valence-corrected chi connectivity index (χ1v) is 7.08. The number of anilines is 1. The van der Waals surface area contributed by atoms with E-state index in [1.54, 1.807) is 11.3 Å². The maximum Gasteiger partial charge on any atom is 0.231 e. The number of halogens is 1. The summed E-state index contributed by atoms with van der Waals surface area (Å²) < 4.78 is 1.04. The lowest BCUT2D eigenvalue weighted by Gasteiger charge is -1.98. The number of hydrogen-bond donors (Lipinski definition) is 1. The number of carbonyl (C=O) groups is 1. The van der Waals surface area contributed by atoms with E-state index in [0.717, 1.165) is 14.4 Å². The summed E-state index contributed by atoms with van der Waals surface area (Å²) in [5.41, 5.74) is 0.930. The first kappa shape index (κ1) is 11.8. The topological polar surface area (TPSA) is 42.0 Å². The molecule has 2 rings (SSSR count). The molecule has 84 valence electrons. The van der Waals surface area contributed by atoms with Crippen LogP contribution in [0, 0.1) is 6.92 Å². The highest BCUT2D eigenvalue weighted by Crippen LogP contribution is 2.23. The van der Waals surface area contributed by atoms with Crippen molar-refractivity contribution in [2.75, 3.05) is 5.32 Å². The van der Waals surface area contributed by atoms with Gasteiger partial charge in [-0.3, -0.25) is 4.79 Å². The molecule has 2 aromatic heterocycles. The molecule has 0 spiro atoms. The molecule has 0 saturated carbocycles. The van der Waals surface area contributed by atoms with Crippen molar-refractivity contribution >= 4 is 49.6 Å². The van der Waals surface area contributed by atoms with Gasteiger partial charge in [0, 0.05) is 10.3 Å². The highest BCUT2D eigenvalue weighted by Gasteiger charge is 2.07. The second-order valence-electron chi connectivity index (χ2n) is 3.22. The first-order chi connectivity index (χ1) is 7.63. The zero-order chi connectivity index (χ0) is 11.5. The Bertz CT molecular complexity index is 462. The summed E-state index contributed by atoms with van der Waals surface area (Å²) in [4.78, 5) is 16.9. The molecule has 0 aliphatic heterocycles. The largest absolute Gasteiger partial charge is 0.302 e. The number of nitrogens with zero attached hydrogens (tertiary/aromatic N) is 1.